The van der Waals surface area contributed by atoms with Crippen molar-refractivity contribution in [3.05, 3.63) is 34.9 Å². The molecule has 4 nitrogen and oxygen atoms in total. The van der Waals surface area contributed by atoms with E-state index in [0.29, 0.717) is 18.1 Å². The fourth-order valence-corrected chi connectivity index (χ4v) is 2.15. The first-order valence-corrected chi connectivity index (χ1v) is 6.56. The minimum absolute atomic E-state index is 0.138. The maximum atomic E-state index is 11.7. The van der Waals surface area contributed by atoms with Crippen LogP contribution in [0.5, 0.6) is 0 Å². The Balaban J connectivity index is 1.94. The molecule has 0 heterocycles. The molecule has 1 aromatic rings. The Bertz CT molecular complexity index is 432. The molecule has 1 saturated carbocycles. The molecule has 0 bridgehead atoms. The summed E-state index contributed by atoms with van der Waals surface area (Å²) in [6.07, 6.45) is 2.70. The molecule has 0 aliphatic heterocycles. The first-order chi connectivity index (χ1) is 8.66. The van der Waals surface area contributed by atoms with Crippen molar-refractivity contribution < 1.29 is 4.79 Å². The molecule has 18 heavy (non-hydrogen) atoms. The molecule has 1 fully saturated rings. The molecular weight excluding hydrogens is 250 g/mol. The van der Waals surface area contributed by atoms with Gasteiger partial charge in [0, 0.05) is 11.6 Å². The predicted octanol–water partition coefficient (Wildman–Crippen LogP) is 1.98. The van der Waals surface area contributed by atoms with Gasteiger partial charge in [0.1, 0.15) is 0 Å². The molecule has 1 aromatic carbocycles. The second-order valence-electron chi connectivity index (χ2n) is 4.62. The standard InChI is InChI=1S/C13H18ClN3O/c14-11-4-1-3-10(9-11)13(5-6-13)17-12(18)16-8-2-7-15/h1,3-4,9H,2,5-8,15H2,(H2,16,17,18). The third-order valence-corrected chi connectivity index (χ3v) is 3.38. The van der Waals surface area contributed by atoms with Crippen LogP contribution in [-0.2, 0) is 5.54 Å². The van der Waals surface area contributed by atoms with Crippen molar-refractivity contribution in [3.63, 3.8) is 0 Å². The van der Waals surface area contributed by atoms with Gasteiger partial charge in [-0.2, -0.15) is 0 Å². The molecule has 2 amide bonds. The van der Waals surface area contributed by atoms with E-state index in [9.17, 15) is 4.79 Å². The van der Waals surface area contributed by atoms with Gasteiger partial charge in [0.05, 0.1) is 5.54 Å². The Morgan fingerprint density at radius 2 is 2.22 bits per heavy atom. The summed E-state index contributed by atoms with van der Waals surface area (Å²) in [6.45, 7) is 1.19. The van der Waals surface area contributed by atoms with Crippen LogP contribution in [-0.4, -0.2) is 19.1 Å². The Morgan fingerprint density at radius 1 is 1.44 bits per heavy atom. The van der Waals surface area contributed by atoms with Crippen LogP contribution >= 0.6 is 11.6 Å². The lowest BCUT2D eigenvalue weighted by molar-refractivity contribution is 0.235. The number of nitrogens with two attached hydrogens (primary N) is 1. The fourth-order valence-electron chi connectivity index (χ4n) is 1.96. The molecule has 0 saturated heterocycles. The number of benzene rings is 1. The average Bonchev–Trinajstić information content (AvgIpc) is 3.10. The van der Waals surface area contributed by atoms with E-state index in [0.717, 1.165) is 24.8 Å². The summed E-state index contributed by atoms with van der Waals surface area (Å²) in [7, 11) is 0. The van der Waals surface area contributed by atoms with E-state index in [2.05, 4.69) is 10.6 Å². The van der Waals surface area contributed by atoms with Crippen LogP contribution in [0.2, 0.25) is 5.02 Å². The van der Waals surface area contributed by atoms with Crippen molar-refractivity contribution in [2.45, 2.75) is 24.8 Å². The van der Waals surface area contributed by atoms with Gasteiger partial charge < -0.3 is 16.4 Å². The summed E-state index contributed by atoms with van der Waals surface area (Å²) in [5, 5.41) is 6.52. The number of hydrogen-bond donors (Lipinski definition) is 3. The highest BCUT2D eigenvalue weighted by atomic mass is 35.5. The lowest BCUT2D eigenvalue weighted by Crippen LogP contribution is -2.42. The van der Waals surface area contributed by atoms with Crippen molar-refractivity contribution in [1.29, 1.82) is 0 Å². The number of carbonyl (C=O) groups excluding carboxylic acids is 1. The smallest absolute Gasteiger partial charge is 0.315 e. The fraction of sp³-hybridized carbons (Fsp3) is 0.462. The number of halogens is 1. The SMILES string of the molecule is NCCCNC(=O)NC1(c2cccc(Cl)c2)CC1. The van der Waals surface area contributed by atoms with Gasteiger partial charge in [0.15, 0.2) is 0 Å². The maximum absolute atomic E-state index is 11.7. The molecule has 0 atom stereocenters. The van der Waals surface area contributed by atoms with Gasteiger partial charge in [-0.1, -0.05) is 23.7 Å². The van der Waals surface area contributed by atoms with Crippen LogP contribution < -0.4 is 16.4 Å². The van der Waals surface area contributed by atoms with Crippen LogP contribution in [0, 0.1) is 0 Å². The van der Waals surface area contributed by atoms with E-state index in [4.69, 9.17) is 17.3 Å². The number of rotatable bonds is 5. The Morgan fingerprint density at radius 3 is 2.83 bits per heavy atom. The van der Waals surface area contributed by atoms with E-state index < -0.39 is 0 Å². The molecule has 0 spiro atoms. The van der Waals surface area contributed by atoms with Crippen molar-refractivity contribution in [2.75, 3.05) is 13.1 Å². The summed E-state index contributed by atoms with van der Waals surface area (Å²) in [5.41, 5.74) is 6.22. The highest BCUT2D eigenvalue weighted by Gasteiger charge is 2.45. The minimum atomic E-state index is -0.225. The van der Waals surface area contributed by atoms with Gasteiger partial charge in [-0.05, 0) is 43.5 Å². The van der Waals surface area contributed by atoms with E-state index in [1.807, 2.05) is 24.3 Å². The molecule has 1 aliphatic rings. The first-order valence-electron chi connectivity index (χ1n) is 6.18. The van der Waals surface area contributed by atoms with Crippen LogP contribution in [0.1, 0.15) is 24.8 Å². The van der Waals surface area contributed by atoms with Gasteiger partial charge >= 0.3 is 6.03 Å². The molecule has 5 heteroatoms. The zero-order valence-corrected chi connectivity index (χ0v) is 11.0. The van der Waals surface area contributed by atoms with Crippen molar-refractivity contribution >= 4 is 17.6 Å². The topological polar surface area (TPSA) is 67.1 Å². The Kier molecular flexibility index (Phi) is 4.09. The Labute approximate surface area is 112 Å². The highest BCUT2D eigenvalue weighted by Crippen LogP contribution is 2.45. The minimum Gasteiger partial charge on any atom is -0.338 e. The zero-order chi connectivity index (χ0) is 13.0. The zero-order valence-electron chi connectivity index (χ0n) is 10.2. The van der Waals surface area contributed by atoms with Gasteiger partial charge in [-0.3, -0.25) is 0 Å². The molecule has 1 aliphatic carbocycles. The third-order valence-electron chi connectivity index (χ3n) is 3.15. The van der Waals surface area contributed by atoms with Gasteiger partial charge in [0.2, 0.25) is 0 Å². The van der Waals surface area contributed by atoms with E-state index in [1.165, 1.54) is 0 Å². The number of carbonyl (C=O) groups is 1. The summed E-state index contributed by atoms with van der Waals surface area (Å²) in [6, 6.07) is 7.52. The Hall–Kier alpha value is -1.26. The maximum Gasteiger partial charge on any atom is 0.315 e. The van der Waals surface area contributed by atoms with Gasteiger partial charge in [0.25, 0.3) is 0 Å². The normalized spacial score (nSPS) is 16.1. The molecule has 4 N–H and O–H groups in total. The monoisotopic (exact) mass is 267 g/mol. The second-order valence-corrected chi connectivity index (χ2v) is 5.05. The number of urea groups is 1. The highest BCUT2D eigenvalue weighted by molar-refractivity contribution is 6.30. The lowest BCUT2D eigenvalue weighted by Gasteiger charge is -2.18. The van der Waals surface area contributed by atoms with Crippen LogP contribution in [0.25, 0.3) is 0 Å². The molecule has 0 radical (unpaired) electrons. The van der Waals surface area contributed by atoms with Crippen LogP contribution in [0.4, 0.5) is 4.79 Å². The van der Waals surface area contributed by atoms with Crippen LogP contribution in [0.3, 0.4) is 0 Å². The van der Waals surface area contributed by atoms with Crippen molar-refractivity contribution in [3.8, 4) is 0 Å². The molecule has 0 aromatic heterocycles. The quantitative estimate of drug-likeness (QED) is 0.714. The number of nitrogens with one attached hydrogen (secondary N) is 2. The van der Waals surface area contributed by atoms with Crippen molar-refractivity contribution in [1.82, 2.24) is 10.6 Å². The van der Waals surface area contributed by atoms with Gasteiger partial charge in [-0.15, -0.1) is 0 Å². The average molecular weight is 268 g/mol. The number of amides is 2. The van der Waals surface area contributed by atoms with Gasteiger partial charge in [-0.25, -0.2) is 4.79 Å². The largest absolute Gasteiger partial charge is 0.338 e. The summed E-state index contributed by atoms with van der Waals surface area (Å²) in [5.74, 6) is 0. The summed E-state index contributed by atoms with van der Waals surface area (Å²) >= 11 is 5.98. The second kappa shape index (κ2) is 5.59. The van der Waals surface area contributed by atoms with E-state index in [-0.39, 0.29) is 11.6 Å². The first kappa shape index (κ1) is 13.2. The molecule has 0 unspecified atom stereocenters. The molecular formula is C13H18ClN3O. The van der Waals surface area contributed by atoms with E-state index >= 15 is 0 Å². The van der Waals surface area contributed by atoms with Crippen LogP contribution in [0.15, 0.2) is 24.3 Å². The van der Waals surface area contributed by atoms with Crippen molar-refractivity contribution in [2.24, 2.45) is 5.73 Å². The number of hydrogen-bond acceptors (Lipinski definition) is 2. The summed E-state index contributed by atoms with van der Waals surface area (Å²) in [4.78, 5) is 11.7. The predicted molar refractivity (Wildman–Crippen MR) is 72.6 cm³/mol. The summed E-state index contributed by atoms with van der Waals surface area (Å²) < 4.78 is 0. The molecule has 98 valence electrons. The third kappa shape index (κ3) is 3.15. The molecule has 2 rings (SSSR count). The van der Waals surface area contributed by atoms with E-state index in [1.54, 1.807) is 0 Å². The lowest BCUT2D eigenvalue weighted by atomic mass is 10.1.